The molecule has 1 aromatic carbocycles. The zero-order chi connectivity index (χ0) is 9.26. The first-order valence-electron chi connectivity index (χ1n) is 4.80. The van der Waals surface area contributed by atoms with Gasteiger partial charge in [0.2, 0.25) is 0 Å². The van der Waals surface area contributed by atoms with Crippen molar-refractivity contribution in [2.45, 2.75) is 26.2 Å². The Kier molecular flexibility index (Phi) is 2.22. The molecule has 0 spiro atoms. The predicted octanol–water partition coefficient (Wildman–Crippen LogP) is 3.49. The smallest absolute Gasteiger partial charge is 0.0168 e. The van der Waals surface area contributed by atoms with Crippen molar-refractivity contribution in [1.82, 2.24) is 0 Å². The topological polar surface area (TPSA) is 0 Å². The van der Waals surface area contributed by atoms with Crippen LogP contribution >= 0.6 is 0 Å². The molecule has 0 heterocycles. The second-order valence-corrected chi connectivity index (χ2v) is 3.68. The highest BCUT2D eigenvalue weighted by Gasteiger charge is 2.09. The van der Waals surface area contributed by atoms with Crippen LogP contribution < -0.4 is 0 Å². The molecule has 0 N–H and O–H groups in total. The molecule has 0 aliphatic heterocycles. The Morgan fingerprint density at radius 2 is 2.31 bits per heavy atom. The van der Waals surface area contributed by atoms with Crippen LogP contribution in [0.1, 0.15) is 36.5 Å². The molecule has 0 atom stereocenters. The fourth-order valence-electron chi connectivity index (χ4n) is 1.73. The zero-order valence-corrected chi connectivity index (χ0v) is 8.06. The number of hydrogen-bond donors (Lipinski definition) is 0. The number of aryl methyl sites for hydroxylation is 1. The zero-order valence-electron chi connectivity index (χ0n) is 8.06. The maximum atomic E-state index is 3.95. The van der Waals surface area contributed by atoms with Gasteiger partial charge in [-0.3, -0.25) is 0 Å². The molecular weight excluding hydrogens is 156 g/mol. The summed E-state index contributed by atoms with van der Waals surface area (Å²) in [5.74, 6) is 0. The van der Waals surface area contributed by atoms with E-state index in [9.17, 15) is 0 Å². The van der Waals surface area contributed by atoms with Gasteiger partial charge < -0.3 is 0 Å². The summed E-state index contributed by atoms with van der Waals surface area (Å²) in [6.45, 7) is 5.99. The standard InChI is InChI=1S/C13H14/c1-10(2)12-8-7-11-5-3-4-6-13(11)9-12/h7-9H,1,3-5H2,2H3. The van der Waals surface area contributed by atoms with E-state index in [1.54, 1.807) is 0 Å². The summed E-state index contributed by atoms with van der Waals surface area (Å²) in [6.07, 6.45) is 6.98. The lowest BCUT2D eigenvalue weighted by molar-refractivity contribution is 0.775. The van der Waals surface area contributed by atoms with E-state index < -0.39 is 0 Å². The Hall–Kier alpha value is -1.04. The number of hydrogen-bond acceptors (Lipinski definition) is 0. The molecular formula is C13H14. The van der Waals surface area contributed by atoms with Crippen LogP contribution in [-0.4, -0.2) is 0 Å². The highest BCUT2D eigenvalue weighted by Crippen LogP contribution is 2.25. The molecule has 13 heavy (non-hydrogen) atoms. The summed E-state index contributed by atoms with van der Waals surface area (Å²) < 4.78 is 0. The van der Waals surface area contributed by atoms with E-state index in [0.717, 1.165) is 12.0 Å². The van der Waals surface area contributed by atoms with Crippen LogP contribution in [0, 0.1) is 6.42 Å². The fourth-order valence-corrected chi connectivity index (χ4v) is 1.73. The highest BCUT2D eigenvalue weighted by atomic mass is 14.1. The van der Waals surface area contributed by atoms with Gasteiger partial charge in [-0.25, -0.2) is 0 Å². The van der Waals surface area contributed by atoms with Gasteiger partial charge in [0.15, 0.2) is 0 Å². The number of fused-ring (bicyclic) bond motifs is 1. The van der Waals surface area contributed by atoms with Crippen LogP contribution in [0.3, 0.4) is 0 Å². The maximum absolute atomic E-state index is 3.95. The van der Waals surface area contributed by atoms with Crippen molar-refractivity contribution in [3.8, 4) is 0 Å². The molecule has 0 heteroatoms. The summed E-state index contributed by atoms with van der Waals surface area (Å²) in [6, 6.07) is 6.58. The molecule has 2 radical (unpaired) electrons. The minimum Gasteiger partial charge on any atom is -0.0955 e. The second-order valence-electron chi connectivity index (χ2n) is 3.68. The first kappa shape index (κ1) is 8.55. The molecule has 0 bridgehead atoms. The van der Waals surface area contributed by atoms with Crippen molar-refractivity contribution in [1.29, 1.82) is 0 Å². The molecule has 1 aliphatic carbocycles. The van der Waals surface area contributed by atoms with Gasteiger partial charge in [0, 0.05) is 6.42 Å². The van der Waals surface area contributed by atoms with Crippen LogP contribution in [0.25, 0.3) is 5.57 Å². The van der Waals surface area contributed by atoms with Gasteiger partial charge in [0.1, 0.15) is 0 Å². The number of rotatable bonds is 1. The number of allylic oxidation sites excluding steroid dienone is 1. The van der Waals surface area contributed by atoms with Gasteiger partial charge in [-0.1, -0.05) is 30.4 Å². The third kappa shape index (κ3) is 1.67. The van der Waals surface area contributed by atoms with E-state index in [2.05, 4.69) is 31.2 Å². The lowest BCUT2D eigenvalue weighted by atomic mass is 9.89. The van der Waals surface area contributed by atoms with Crippen molar-refractivity contribution >= 4 is 5.57 Å². The van der Waals surface area contributed by atoms with Crippen molar-refractivity contribution in [3.05, 3.63) is 47.9 Å². The minimum absolute atomic E-state index is 1.10. The van der Waals surface area contributed by atoms with E-state index >= 15 is 0 Å². The van der Waals surface area contributed by atoms with Crippen LogP contribution in [0.15, 0.2) is 24.8 Å². The first-order valence-corrected chi connectivity index (χ1v) is 4.80. The van der Waals surface area contributed by atoms with Gasteiger partial charge in [-0.2, -0.15) is 0 Å². The Balaban J connectivity index is 2.40. The highest BCUT2D eigenvalue weighted by molar-refractivity contribution is 5.63. The van der Waals surface area contributed by atoms with Gasteiger partial charge >= 0.3 is 0 Å². The molecule has 0 saturated carbocycles. The van der Waals surface area contributed by atoms with Gasteiger partial charge in [0.25, 0.3) is 0 Å². The molecule has 0 aromatic heterocycles. The Bertz CT molecular complexity index is 334. The summed E-state index contributed by atoms with van der Waals surface area (Å²) in [5.41, 5.74) is 5.12. The van der Waals surface area contributed by atoms with Crippen LogP contribution in [0.5, 0.6) is 0 Å². The summed E-state index contributed by atoms with van der Waals surface area (Å²) in [7, 11) is 0. The molecule has 2 rings (SSSR count). The monoisotopic (exact) mass is 170 g/mol. The summed E-state index contributed by atoms with van der Waals surface area (Å²) in [4.78, 5) is 0. The van der Waals surface area contributed by atoms with E-state index in [-0.39, 0.29) is 0 Å². The molecule has 1 aliphatic rings. The minimum atomic E-state index is 1.10. The Morgan fingerprint density at radius 1 is 1.46 bits per heavy atom. The van der Waals surface area contributed by atoms with Gasteiger partial charge in [-0.15, -0.1) is 0 Å². The van der Waals surface area contributed by atoms with E-state index in [1.165, 1.54) is 29.5 Å². The quantitative estimate of drug-likeness (QED) is 0.605. The predicted molar refractivity (Wildman–Crippen MR) is 56.4 cm³/mol. The van der Waals surface area contributed by atoms with Crippen LogP contribution in [-0.2, 0) is 6.42 Å². The molecule has 0 amide bonds. The third-order valence-corrected chi connectivity index (χ3v) is 2.54. The molecule has 1 aromatic rings. The van der Waals surface area contributed by atoms with Crippen molar-refractivity contribution in [3.63, 3.8) is 0 Å². The molecule has 66 valence electrons. The average molecular weight is 170 g/mol. The largest absolute Gasteiger partial charge is 0.0955 e. The molecule has 0 saturated heterocycles. The average Bonchev–Trinajstić information content (AvgIpc) is 2.17. The van der Waals surface area contributed by atoms with Gasteiger partial charge in [-0.05, 0) is 42.9 Å². The van der Waals surface area contributed by atoms with Gasteiger partial charge in [0.05, 0.1) is 0 Å². The second kappa shape index (κ2) is 3.37. The van der Waals surface area contributed by atoms with E-state index in [4.69, 9.17) is 0 Å². The first-order chi connectivity index (χ1) is 6.27. The lowest BCUT2D eigenvalue weighted by Gasteiger charge is -2.15. The number of benzene rings is 1. The van der Waals surface area contributed by atoms with Crippen molar-refractivity contribution < 1.29 is 0 Å². The Morgan fingerprint density at radius 3 is 3.08 bits per heavy atom. The normalized spacial score (nSPS) is 15.2. The van der Waals surface area contributed by atoms with Crippen LogP contribution in [0.4, 0.5) is 0 Å². The SMILES string of the molecule is C=C(C)c1ccc2c(c1)[C]CCC2. The molecule has 0 fully saturated rings. The van der Waals surface area contributed by atoms with Crippen LogP contribution in [0.2, 0.25) is 0 Å². The fraction of sp³-hybridized carbons (Fsp3) is 0.308. The lowest BCUT2D eigenvalue weighted by Crippen LogP contribution is -2.00. The third-order valence-electron chi connectivity index (χ3n) is 2.54. The van der Waals surface area contributed by atoms with E-state index in [0.29, 0.717) is 0 Å². The Labute approximate surface area is 80.3 Å². The summed E-state index contributed by atoms with van der Waals surface area (Å²) in [5, 5.41) is 0. The summed E-state index contributed by atoms with van der Waals surface area (Å²) >= 11 is 0. The molecule has 0 nitrogen and oxygen atoms in total. The maximum Gasteiger partial charge on any atom is 0.0168 e. The molecule has 0 unspecified atom stereocenters. The van der Waals surface area contributed by atoms with E-state index in [1.807, 2.05) is 6.92 Å². The van der Waals surface area contributed by atoms with Crippen molar-refractivity contribution in [2.75, 3.05) is 0 Å². The van der Waals surface area contributed by atoms with Crippen molar-refractivity contribution in [2.24, 2.45) is 0 Å².